The number of carboxylic acids is 1. The van der Waals surface area contributed by atoms with Crippen molar-refractivity contribution in [1.29, 1.82) is 0 Å². The molecule has 0 saturated carbocycles. The summed E-state index contributed by atoms with van der Waals surface area (Å²) in [6, 6.07) is 9.70. The van der Waals surface area contributed by atoms with E-state index < -0.39 is 16.9 Å². The highest BCUT2D eigenvalue weighted by atomic mass is 16.6. The van der Waals surface area contributed by atoms with Gasteiger partial charge in [-0.2, -0.15) is 0 Å². The second-order valence-electron chi connectivity index (χ2n) is 6.80. The number of rotatable bonds is 8. The van der Waals surface area contributed by atoms with E-state index >= 15 is 0 Å². The van der Waals surface area contributed by atoms with Crippen LogP contribution in [0.4, 0.5) is 5.69 Å². The fourth-order valence-corrected chi connectivity index (χ4v) is 2.59. The van der Waals surface area contributed by atoms with Gasteiger partial charge >= 0.3 is 11.7 Å². The van der Waals surface area contributed by atoms with E-state index in [1.807, 2.05) is 39.0 Å². The lowest BCUT2D eigenvalue weighted by molar-refractivity contribution is -0.385. The molecule has 0 spiro atoms. The summed E-state index contributed by atoms with van der Waals surface area (Å²) < 4.78 is 5.91. The van der Waals surface area contributed by atoms with Gasteiger partial charge in [-0.1, -0.05) is 32.0 Å². The summed E-state index contributed by atoms with van der Waals surface area (Å²) >= 11 is 0. The van der Waals surface area contributed by atoms with E-state index in [0.717, 1.165) is 11.1 Å². The van der Waals surface area contributed by atoms with Gasteiger partial charge in [-0.25, -0.2) is 0 Å². The van der Waals surface area contributed by atoms with Crippen LogP contribution in [-0.2, 0) is 11.3 Å². The molecular formula is C20H24N2O5. The van der Waals surface area contributed by atoms with Gasteiger partial charge in [-0.05, 0) is 48.6 Å². The average Bonchev–Trinajstić information content (AvgIpc) is 2.60. The maximum Gasteiger partial charge on any atom is 0.320 e. The average molecular weight is 372 g/mol. The minimum absolute atomic E-state index is 0.155. The summed E-state index contributed by atoms with van der Waals surface area (Å²) in [5.41, 5.74) is 2.42. The van der Waals surface area contributed by atoms with Crippen LogP contribution in [0.25, 0.3) is 0 Å². The molecule has 2 N–H and O–H groups in total. The largest absolute Gasteiger partial charge is 0.480 e. The molecule has 0 aliphatic rings. The lowest BCUT2D eigenvalue weighted by Gasteiger charge is -2.15. The zero-order chi connectivity index (χ0) is 20.1. The van der Waals surface area contributed by atoms with Crippen molar-refractivity contribution in [2.75, 3.05) is 0 Å². The molecule has 0 bridgehead atoms. The molecule has 0 aliphatic heterocycles. The Labute approximate surface area is 158 Å². The quantitative estimate of drug-likeness (QED) is 0.527. The third-order valence-corrected chi connectivity index (χ3v) is 4.21. The van der Waals surface area contributed by atoms with E-state index in [-0.39, 0.29) is 23.9 Å². The van der Waals surface area contributed by atoms with E-state index in [1.165, 1.54) is 13.0 Å². The van der Waals surface area contributed by atoms with Gasteiger partial charge in [-0.3, -0.25) is 14.9 Å². The van der Waals surface area contributed by atoms with Gasteiger partial charge in [0.05, 0.1) is 4.92 Å². The molecule has 0 aromatic heterocycles. The van der Waals surface area contributed by atoms with Crippen molar-refractivity contribution >= 4 is 11.7 Å². The number of nitro benzene ring substituents is 1. The molecule has 2 rings (SSSR count). The first-order valence-corrected chi connectivity index (χ1v) is 8.71. The first-order chi connectivity index (χ1) is 12.7. The summed E-state index contributed by atoms with van der Waals surface area (Å²) in [4.78, 5) is 21.9. The molecule has 0 radical (unpaired) electrons. The summed E-state index contributed by atoms with van der Waals surface area (Å²) in [5.74, 6) is -0.0215. The number of ether oxygens (including phenoxy) is 1. The van der Waals surface area contributed by atoms with E-state index in [4.69, 9.17) is 9.84 Å². The van der Waals surface area contributed by atoms with Crippen LogP contribution in [0.2, 0.25) is 0 Å². The third kappa shape index (κ3) is 5.27. The second kappa shape index (κ2) is 8.64. The fraction of sp³-hybridized carbons (Fsp3) is 0.350. The molecular weight excluding hydrogens is 348 g/mol. The van der Waals surface area contributed by atoms with Gasteiger partial charge < -0.3 is 15.2 Å². The van der Waals surface area contributed by atoms with E-state index in [9.17, 15) is 14.9 Å². The molecule has 7 heteroatoms. The summed E-state index contributed by atoms with van der Waals surface area (Å²) in [6.07, 6.45) is 0. The van der Waals surface area contributed by atoms with Gasteiger partial charge in [0.2, 0.25) is 5.75 Å². The van der Waals surface area contributed by atoms with E-state index in [2.05, 4.69) is 5.32 Å². The minimum atomic E-state index is -0.981. The number of aliphatic carboxylic acids is 1. The molecule has 1 unspecified atom stereocenters. The predicted octanol–water partition coefficient (Wildman–Crippen LogP) is 4.38. The highest BCUT2D eigenvalue weighted by Gasteiger charge is 2.19. The molecule has 7 nitrogen and oxygen atoms in total. The van der Waals surface area contributed by atoms with E-state index in [0.29, 0.717) is 11.3 Å². The molecule has 27 heavy (non-hydrogen) atoms. The summed E-state index contributed by atoms with van der Waals surface area (Å²) in [7, 11) is 0. The molecule has 2 aromatic carbocycles. The first-order valence-electron chi connectivity index (χ1n) is 8.71. The predicted molar refractivity (Wildman–Crippen MR) is 102 cm³/mol. The Balaban J connectivity index is 2.31. The Hall–Kier alpha value is -2.93. The number of aryl methyl sites for hydroxylation is 1. The third-order valence-electron chi connectivity index (χ3n) is 4.21. The van der Waals surface area contributed by atoms with Crippen molar-refractivity contribution in [3.05, 3.63) is 63.2 Å². The number of nitrogens with zero attached hydrogens (tertiary/aromatic N) is 1. The van der Waals surface area contributed by atoms with Crippen molar-refractivity contribution in [2.24, 2.45) is 0 Å². The maximum atomic E-state index is 11.5. The van der Waals surface area contributed by atoms with Gasteiger partial charge in [-0.15, -0.1) is 0 Å². The molecule has 0 saturated heterocycles. The van der Waals surface area contributed by atoms with E-state index in [1.54, 1.807) is 12.1 Å². The van der Waals surface area contributed by atoms with Crippen LogP contribution in [-0.4, -0.2) is 22.0 Å². The number of nitro groups is 1. The lowest BCUT2D eigenvalue weighted by atomic mass is 10.0. The van der Waals surface area contributed by atoms with Gasteiger partial charge in [0, 0.05) is 12.6 Å². The van der Waals surface area contributed by atoms with Crippen LogP contribution in [0, 0.1) is 17.0 Å². The molecule has 0 aliphatic carbocycles. The smallest absolute Gasteiger partial charge is 0.320 e. The molecule has 144 valence electrons. The summed E-state index contributed by atoms with van der Waals surface area (Å²) in [6.45, 7) is 7.72. The number of nitrogens with one attached hydrogen (secondary N) is 1. The minimum Gasteiger partial charge on any atom is -0.480 e. The van der Waals surface area contributed by atoms with Crippen molar-refractivity contribution in [2.45, 2.75) is 46.2 Å². The normalized spacial score (nSPS) is 12.0. The highest BCUT2D eigenvalue weighted by molar-refractivity contribution is 5.72. The molecule has 0 amide bonds. The monoisotopic (exact) mass is 372 g/mol. The number of hydrogen-bond donors (Lipinski definition) is 2. The van der Waals surface area contributed by atoms with Gasteiger partial charge in [0.15, 0.2) is 0 Å². The zero-order valence-corrected chi connectivity index (χ0v) is 15.9. The zero-order valence-electron chi connectivity index (χ0n) is 15.9. The van der Waals surface area contributed by atoms with Crippen LogP contribution < -0.4 is 10.1 Å². The number of carboxylic acid groups (broad SMARTS) is 1. The molecule has 0 heterocycles. The van der Waals surface area contributed by atoms with Crippen molar-refractivity contribution in [3.63, 3.8) is 0 Å². The Morgan fingerprint density at radius 3 is 2.48 bits per heavy atom. The Morgan fingerprint density at radius 2 is 1.89 bits per heavy atom. The molecule has 2 aromatic rings. The van der Waals surface area contributed by atoms with Crippen LogP contribution in [0.5, 0.6) is 11.5 Å². The van der Waals surface area contributed by atoms with Crippen LogP contribution in [0.1, 0.15) is 43.4 Å². The van der Waals surface area contributed by atoms with Crippen LogP contribution in [0.15, 0.2) is 36.4 Å². The van der Waals surface area contributed by atoms with Crippen molar-refractivity contribution in [3.8, 4) is 11.5 Å². The van der Waals surface area contributed by atoms with Crippen LogP contribution >= 0.6 is 0 Å². The SMILES string of the molecule is Cc1ccc(C(C)C)c(Oc2ccc(CNC(C)C(=O)O)cc2[N+](=O)[O-])c1. The number of carbonyl (C=O) groups is 1. The standard InChI is InChI=1S/C20H24N2O5/c1-12(2)16-7-5-13(3)9-19(16)27-18-8-6-15(10-17(18)22(25)26)11-21-14(4)20(23)24/h5-10,12,14,21H,11H2,1-4H3,(H,23,24). The van der Waals surface area contributed by atoms with Crippen molar-refractivity contribution in [1.82, 2.24) is 5.32 Å². The fourth-order valence-electron chi connectivity index (χ4n) is 2.59. The Morgan fingerprint density at radius 1 is 1.19 bits per heavy atom. The van der Waals surface area contributed by atoms with Gasteiger partial charge in [0.25, 0.3) is 0 Å². The second-order valence-corrected chi connectivity index (χ2v) is 6.80. The van der Waals surface area contributed by atoms with Crippen LogP contribution in [0.3, 0.4) is 0 Å². The van der Waals surface area contributed by atoms with Crippen molar-refractivity contribution < 1.29 is 19.6 Å². The molecule has 1 atom stereocenters. The number of hydrogen-bond acceptors (Lipinski definition) is 5. The summed E-state index contributed by atoms with van der Waals surface area (Å²) in [5, 5.41) is 23.2. The molecule has 0 fully saturated rings. The topological polar surface area (TPSA) is 102 Å². The maximum absolute atomic E-state index is 11.5. The highest BCUT2D eigenvalue weighted by Crippen LogP contribution is 2.36. The van der Waals surface area contributed by atoms with Gasteiger partial charge in [0.1, 0.15) is 11.8 Å². The lowest BCUT2D eigenvalue weighted by Crippen LogP contribution is -2.33. The number of benzene rings is 2. The Kier molecular flexibility index (Phi) is 6.52. The first kappa shape index (κ1) is 20.4. The Bertz CT molecular complexity index is 848.